The largest absolute Gasteiger partial charge is 0.493 e. The highest BCUT2D eigenvalue weighted by molar-refractivity contribution is 5.97. The Morgan fingerprint density at radius 3 is 2.36 bits per heavy atom. The molecule has 0 spiro atoms. The van der Waals surface area contributed by atoms with Crippen LogP contribution in [0.15, 0.2) is 12.1 Å². The normalized spacial score (nSPS) is 23.3. The molecule has 0 aromatic heterocycles. The van der Waals surface area contributed by atoms with Crippen molar-refractivity contribution in [2.75, 3.05) is 19.0 Å². The first-order valence-electron chi connectivity index (χ1n) is 9.52. The fraction of sp³-hybridized carbons (Fsp3) is 0.667. The highest BCUT2D eigenvalue weighted by Gasteiger charge is 2.41. The first kappa shape index (κ1) is 19.8. The van der Waals surface area contributed by atoms with Crippen molar-refractivity contribution in [1.82, 2.24) is 0 Å². The predicted octanol–water partition coefficient (Wildman–Crippen LogP) is 5.02. The number of carbonyl (C=O) groups excluding carboxylic acids is 1. The van der Waals surface area contributed by atoms with E-state index in [1.807, 2.05) is 26.0 Å². The minimum absolute atomic E-state index is 0.0275. The molecule has 4 nitrogen and oxygen atoms in total. The van der Waals surface area contributed by atoms with Gasteiger partial charge in [-0.2, -0.15) is 0 Å². The second-order valence-electron chi connectivity index (χ2n) is 7.48. The van der Waals surface area contributed by atoms with Crippen LogP contribution in [0.2, 0.25) is 0 Å². The highest BCUT2D eigenvalue weighted by Crippen LogP contribution is 2.36. The summed E-state index contributed by atoms with van der Waals surface area (Å²) in [6.07, 6.45) is 5.79. The molecular formula is C21H33NO3. The van der Waals surface area contributed by atoms with E-state index in [-0.39, 0.29) is 5.91 Å². The van der Waals surface area contributed by atoms with Crippen LogP contribution in [0.1, 0.15) is 63.5 Å². The maximum atomic E-state index is 12.9. The summed E-state index contributed by atoms with van der Waals surface area (Å²) >= 11 is 0. The molecule has 1 amide bonds. The Hall–Kier alpha value is -1.55. The van der Waals surface area contributed by atoms with Crippen molar-refractivity contribution in [3.8, 4) is 5.75 Å². The van der Waals surface area contributed by atoms with Gasteiger partial charge >= 0.3 is 0 Å². The molecule has 1 aliphatic rings. The fourth-order valence-electron chi connectivity index (χ4n) is 3.57. The van der Waals surface area contributed by atoms with E-state index in [1.165, 1.54) is 0 Å². The Bertz CT molecular complexity index is 566. The zero-order valence-corrected chi connectivity index (χ0v) is 16.4. The van der Waals surface area contributed by atoms with Crippen LogP contribution in [-0.2, 0) is 9.53 Å². The van der Waals surface area contributed by atoms with E-state index in [4.69, 9.17) is 9.47 Å². The molecule has 1 fully saturated rings. The summed E-state index contributed by atoms with van der Waals surface area (Å²) in [5.74, 6) is 1.57. The number of methoxy groups -OCH3 is 1. The van der Waals surface area contributed by atoms with Crippen LogP contribution < -0.4 is 10.1 Å². The Kier molecular flexibility index (Phi) is 6.88. The summed E-state index contributed by atoms with van der Waals surface area (Å²) in [5, 5.41) is 3.07. The lowest BCUT2D eigenvalue weighted by molar-refractivity contribution is -0.142. The maximum Gasteiger partial charge on any atom is 0.256 e. The van der Waals surface area contributed by atoms with Gasteiger partial charge in [0.2, 0.25) is 0 Å². The minimum Gasteiger partial charge on any atom is -0.493 e. The van der Waals surface area contributed by atoms with Crippen molar-refractivity contribution in [2.24, 2.45) is 5.92 Å². The summed E-state index contributed by atoms with van der Waals surface area (Å²) in [7, 11) is 1.65. The van der Waals surface area contributed by atoms with Gasteiger partial charge < -0.3 is 14.8 Å². The third kappa shape index (κ3) is 4.75. The SMILES string of the molecule is CCCCOc1c(C)cc(NC(=O)C2(OC)CCC(C)CC2)cc1C. The zero-order valence-electron chi connectivity index (χ0n) is 16.4. The summed E-state index contributed by atoms with van der Waals surface area (Å²) < 4.78 is 11.6. The number of hydrogen-bond donors (Lipinski definition) is 1. The van der Waals surface area contributed by atoms with Crippen molar-refractivity contribution in [1.29, 1.82) is 0 Å². The summed E-state index contributed by atoms with van der Waals surface area (Å²) in [6, 6.07) is 3.97. The van der Waals surface area contributed by atoms with Crippen LogP contribution in [0.3, 0.4) is 0 Å². The molecule has 0 unspecified atom stereocenters. The second-order valence-corrected chi connectivity index (χ2v) is 7.48. The molecule has 1 aromatic carbocycles. The fourth-order valence-corrected chi connectivity index (χ4v) is 3.57. The molecule has 25 heavy (non-hydrogen) atoms. The van der Waals surface area contributed by atoms with Gasteiger partial charge in [0.05, 0.1) is 6.61 Å². The van der Waals surface area contributed by atoms with Crippen LogP contribution in [0.4, 0.5) is 5.69 Å². The Labute approximate surface area is 152 Å². The van der Waals surface area contributed by atoms with E-state index < -0.39 is 5.60 Å². The van der Waals surface area contributed by atoms with Gasteiger partial charge in [-0.05, 0) is 75.1 Å². The van der Waals surface area contributed by atoms with Crippen molar-refractivity contribution in [2.45, 2.75) is 71.8 Å². The van der Waals surface area contributed by atoms with E-state index in [9.17, 15) is 4.79 Å². The summed E-state index contributed by atoms with van der Waals surface area (Å²) in [5.41, 5.74) is 2.23. The number of hydrogen-bond acceptors (Lipinski definition) is 3. The number of unbranched alkanes of at least 4 members (excludes halogenated alkanes) is 1. The van der Waals surface area contributed by atoms with Crippen LogP contribution in [0.25, 0.3) is 0 Å². The smallest absolute Gasteiger partial charge is 0.256 e. The van der Waals surface area contributed by atoms with Crippen molar-refractivity contribution in [3.05, 3.63) is 23.3 Å². The van der Waals surface area contributed by atoms with Crippen LogP contribution in [-0.4, -0.2) is 25.2 Å². The Morgan fingerprint density at radius 1 is 1.24 bits per heavy atom. The predicted molar refractivity (Wildman–Crippen MR) is 102 cm³/mol. The molecule has 0 heterocycles. The highest BCUT2D eigenvalue weighted by atomic mass is 16.5. The van der Waals surface area contributed by atoms with Gasteiger partial charge in [0.25, 0.3) is 5.91 Å². The first-order valence-corrected chi connectivity index (χ1v) is 9.52. The van der Waals surface area contributed by atoms with E-state index >= 15 is 0 Å². The second kappa shape index (κ2) is 8.70. The van der Waals surface area contributed by atoms with Gasteiger partial charge in [0.1, 0.15) is 11.4 Å². The van der Waals surface area contributed by atoms with Gasteiger partial charge in [0.15, 0.2) is 0 Å². The molecule has 0 bridgehead atoms. The van der Waals surface area contributed by atoms with E-state index in [0.29, 0.717) is 5.92 Å². The molecule has 1 aromatic rings. The Balaban J connectivity index is 2.10. The average Bonchev–Trinajstić information content (AvgIpc) is 2.58. The number of anilines is 1. The lowest BCUT2D eigenvalue weighted by Gasteiger charge is -2.36. The summed E-state index contributed by atoms with van der Waals surface area (Å²) in [4.78, 5) is 12.9. The lowest BCUT2D eigenvalue weighted by Crippen LogP contribution is -2.47. The van der Waals surface area contributed by atoms with E-state index in [0.717, 1.165) is 67.7 Å². The van der Waals surface area contributed by atoms with Crippen molar-refractivity contribution >= 4 is 11.6 Å². The van der Waals surface area contributed by atoms with Crippen LogP contribution >= 0.6 is 0 Å². The Morgan fingerprint density at radius 2 is 1.84 bits per heavy atom. The third-order valence-electron chi connectivity index (χ3n) is 5.35. The zero-order chi connectivity index (χ0) is 18.4. The quantitative estimate of drug-likeness (QED) is 0.705. The molecule has 1 N–H and O–H groups in total. The third-order valence-corrected chi connectivity index (χ3v) is 5.35. The standard InChI is InChI=1S/C21H33NO3/c1-6-7-12-25-19-16(3)13-18(14-17(19)4)22-20(23)21(24-5)10-8-15(2)9-11-21/h13-15H,6-12H2,1-5H3,(H,22,23). The molecule has 4 heteroatoms. The maximum absolute atomic E-state index is 12.9. The number of rotatable bonds is 7. The van der Waals surface area contributed by atoms with E-state index in [1.54, 1.807) is 7.11 Å². The van der Waals surface area contributed by atoms with Gasteiger partial charge in [-0.3, -0.25) is 4.79 Å². The number of carbonyl (C=O) groups is 1. The number of nitrogens with one attached hydrogen (secondary N) is 1. The number of amides is 1. The van der Waals surface area contributed by atoms with Crippen LogP contribution in [0, 0.1) is 19.8 Å². The minimum atomic E-state index is -0.690. The average molecular weight is 347 g/mol. The summed E-state index contributed by atoms with van der Waals surface area (Å²) in [6.45, 7) is 9.17. The van der Waals surface area contributed by atoms with Gasteiger partial charge in [-0.15, -0.1) is 0 Å². The molecular weight excluding hydrogens is 314 g/mol. The van der Waals surface area contributed by atoms with E-state index in [2.05, 4.69) is 19.2 Å². The molecule has 140 valence electrons. The van der Waals surface area contributed by atoms with Gasteiger partial charge in [-0.1, -0.05) is 20.3 Å². The van der Waals surface area contributed by atoms with Crippen LogP contribution in [0.5, 0.6) is 5.75 Å². The molecule has 0 saturated heterocycles. The van der Waals surface area contributed by atoms with Crippen molar-refractivity contribution < 1.29 is 14.3 Å². The number of benzene rings is 1. The molecule has 2 rings (SSSR count). The molecule has 0 atom stereocenters. The number of aryl methyl sites for hydroxylation is 2. The van der Waals surface area contributed by atoms with Crippen molar-refractivity contribution in [3.63, 3.8) is 0 Å². The molecule has 1 aliphatic carbocycles. The molecule has 0 aliphatic heterocycles. The first-order chi connectivity index (χ1) is 11.9. The number of ether oxygens (including phenoxy) is 2. The van der Waals surface area contributed by atoms with Gasteiger partial charge in [0, 0.05) is 12.8 Å². The monoisotopic (exact) mass is 347 g/mol. The lowest BCUT2D eigenvalue weighted by atomic mass is 9.79. The molecule has 0 radical (unpaired) electrons. The molecule has 1 saturated carbocycles. The topological polar surface area (TPSA) is 47.6 Å². The van der Waals surface area contributed by atoms with Gasteiger partial charge in [-0.25, -0.2) is 0 Å².